The van der Waals surface area contributed by atoms with Gasteiger partial charge in [0.15, 0.2) is 0 Å². The molecule has 1 N–H and O–H groups in total. The van der Waals surface area contributed by atoms with E-state index in [4.69, 9.17) is 9.97 Å². The summed E-state index contributed by atoms with van der Waals surface area (Å²) in [7, 11) is 0. The Morgan fingerprint density at radius 2 is 1.95 bits per heavy atom. The Morgan fingerprint density at radius 3 is 2.70 bits per heavy atom. The van der Waals surface area contributed by atoms with E-state index in [1.807, 2.05) is 0 Å². The average molecular weight is 267 g/mol. The van der Waals surface area contributed by atoms with Crippen molar-refractivity contribution in [2.75, 3.05) is 0 Å². The first-order chi connectivity index (χ1) is 9.65. The second kappa shape index (κ2) is 5.33. The smallest absolute Gasteiger partial charge is 0.133 e. The number of rotatable bonds is 3. The number of nitrogens with one attached hydrogen (secondary N) is 1. The van der Waals surface area contributed by atoms with Crippen LogP contribution in [0.1, 0.15) is 53.7 Å². The van der Waals surface area contributed by atoms with Crippen LogP contribution in [0.25, 0.3) is 0 Å². The van der Waals surface area contributed by atoms with Crippen molar-refractivity contribution < 1.29 is 0 Å². The van der Waals surface area contributed by atoms with Crippen molar-refractivity contribution in [1.82, 2.24) is 15.3 Å². The Morgan fingerprint density at radius 1 is 1.15 bits per heavy atom. The minimum Gasteiger partial charge on any atom is -0.307 e. The fourth-order valence-electron chi connectivity index (χ4n) is 2.78. The Hall–Kier alpha value is -1.74. The van der Waals surface area contributed by atoms with Crippen LogP contribution < -0.4 is 5.32 Å². The molecule has 104 valence electrons. The van der Waals surface area contributed by atoms with E-state index in [1.54, 1.807) is 0 Å². The van der Waals surface area contributed by atoms with Crippen molar-refractivity contribution in [3.05, 3.63) is 58.2 Å². The molecule has 0 aliphatic carbocycles. The van der Waals surface area contributed by atoms with E-state index in [0.717, 1.165) is 25.3 Å². The van der Waals surface area contributed by atoms with E-state index in [0.29, 0.717) is 5.92 Å². The van der Waals surface area contributed by atoms with Crippen molar-refractivity contribution in [3.63, 3.8) is 0 Å². The molecule has 2 heterocycles. The van der Waals surface area contributed by atoms with Gasteiger partial charge in [-0.1, -0.05) is 38.1 Å². The zero-order valence-electron chi connectivity index (χ0n) is 12.4. The molecule has 3 nitrogen and oxygen atoms in total. The summed E-state index contributed by atoms with van der Waals surface area (Å²) in [5.41, 5.74) is 6.33. The maximum Gasteiger partial charge on any atom is 0.133 e. The number of nitrogens with zero attached hydrogens (tertiary/aromatic N) is 2. The van der Waals surface area contributed by atoms with Crippen LogP contribution >= 0.6 is 0 Å². The summed E-state index contributed by atoms with van der Waals surface area (Å²) in [6.07, 6.45) is 0.819. The molecule has 3 rings (SSSR count). The molecule has 1 aromatic heterocycles. The molecule has 0 radical (unpaired) electrons. The summed E-state index contributed by atoms with van der Waals surface area (Å²) in [5, 5.41) is 3.38. The zero-order valence-corrected chi connectivity index (χ0v) is 12.4. The van der Waals surface area contributed by atoms with E-state index in [-0.39, 0.29) is 0 Å². The molecule has 2 aromatic rings. The average Bonchev–Trinajstić information content (AvgIpc) is 2.88. The Kier molecular flexibility index (Phi) is 3.53. The molecule has 3 heteroatoms. The van der Waals surface area contributed by atoms with Gasteiger partial charge in [-0.15, -0.1) is 0 Å². The zero-order chi connectivity index (χ0) is 14.1. The van der Waals surface area contributed by atoms with Gasteiger partial charge in [0.1, 0.15) is 5.82 Å². The van der Waals surface area contributed by atoms with Crippen molar-refractivity contribution in [2.45, 2.75) is 46.2 Å². The molecule has 0 amide bonds. The molecule has 1 aromatic carbocycles. The first-order valence-corrected chi connectivity index (χ1v) is 7.29. The van der Waals surface area contributed by atoms with Gasteiger partial charge in [-0.2, -0.15) is 0 Å². The van der Waals surface area contributed by atoms with Crippen molar-refractivity contribution in [3.8, 4) is 0 Å². The Labute approximate surface area is 120 Å². The maximum absolute atomic E-state index is 4.83. The summed E-state index contributed by atoms with van der Waals surface area (Å²) in [6.45, 7) is 8.34. The topological polar surface area (TPSA) is 37.8 Å². The number of hydrogen-bond donors (Lipinski definition) is 1. The second-order valence-electron chi connectivity index (χ2n) is 5.81. The van der Waals surface area contributed by atoms with Gasteiger partial charge in [0.2, 0.25) is 0 Å². The summed E-state index contributed by atoms with van der Waals surface area (Å²) in [6, 6.07) is 8.47. The third-order valence-corrected chi connectivity index (χ3v) is 3.92. The van der Waals surface area contributed by atoms with E-state index in [2.05, 4.69) is 50.4 Å². The normalized spacial score (nSPS) is 13.8. The van der Waals surface area contributed by atoms with Gasteiger partial charge >= 0.3 is 0 Å². The van der Waals surface area contributed by atoms with E-state index < -0.39 is 0 Å². The predicted octanol–water partition coefficient (Wildman–Crippen LogP) is 3.10. The molecular formula is C17H21N3. The first kappa shape index (κ1) is 13.3. The number of aryl methyl sites for hydroxylation is 1. The molecule has 0 atom stereocenters. The van der Waals surface area contributed by atoms with Gasteiger partial charge in [0, 0.05) is 25.1 Å². The maximum atomic E-state index is 4.83. The molecule has 0 saturated heterocycles. The molecule has 0 saturated carbocycles. The highest BCUT2D eigenvalue weighted by atomic mass is 15.0. The highest BCUT2D eigenvalue weighted by Crippen LogP contribution is 2.24. The second-order valence-corrected chi connectivity index (χ2v) is 5.81. The fourth-order valence-corrected chi connectivity index (χ4v) is 2.78. The quantitative estimate of drug-likeness (QED) is 0.928. The van der Waals surface area contributed by atoms with Gasteiger partial charge < -0.3 is 5.32 Å². The highest BCUT2D eigenvalue weighted by Gasteiger charge is 2.20. The lowest BCUT2D eigenvalue weighted by Crippen LogP contribution is -2.08. The lowest BCUT2D eigenvalue weighted by molar-refractivity contribution is 0.745. The van der Waals surface area contributed by atoms with Crippen LogP contribution in [-0.2, 0) is 19.5 Å². The van der Waals surface area contributed by atoms with Gasteiger partial charge in [0.25, 0.3) is 0 Å². The van der Waals surface area contributed by atoms with Crippen LogP contribution in [0.2, 0.25) is 0 Å². The first-order valence-electron chi connectivity index (χ1n) is 7.29. The molecule has 0 bridgehead atoms. The molecular weight excluding hydrogens is 246 g/mol. The third kappa shape index (κ3) is 2.46. The highest BCUT2D eigenvalue weighted by molar-refractivity contribution is 5.33. The lowest BCUT2D eigenvalue weighted by atomic mass is 10.0. The van der Waals surface area contributed by atoms with Crippen molar-refractivity contribution in [2.24, 2.45) is 0 Å². The summed E-state index contributed by atoms with van der Waals surface area (Å²) >= 11 is 0. The monoisotopic (exact) mass is 267 g/mol. The number of hydrogen-bond acceptors (Lipinski definition) is 3. The Balaban J connectivity index is 1.99. The van der Waals surface area contributed by atoms with Crippen LogP contribution in [-0.4, -0.2) is 9.97 Å². The number of benzene rings is 1. The van der Waals surface area contributed by atoms with Gasteiger partial charge in [-0.05, 0) is 24.0 Å². The molecule has 0 unspecified atom stereocenters. The van der Waals surface area contributed by atoms with Gasteiger partial charge in [-0.25, -0.2) is 9.97 Å². The largest absolute Gasteiger partial charge is 0.307 e. The standard InChI is InChI=1S/C17H21N3/c1-11(2)17-14-9-18-10-15(14)19-16(20-17)8-13-7-5-4-6-12(13)3/h4-7,11,18H,8-10H2,1-3H3. The molecule has 20 heavy (non-hydrogen) atoms. The summed E-state index contributed by atoms with van der Waals surface area (Å²) in [5.74, 6) is 1.40. The van der Waals surface area contributed by atoms with Crippen LogP contribution in [0.3, 0.4) is 0 Å². The number of fused-ring (bicyclic) bond motifs is 1. The lowest BCUT2D eigenvalue weighted by Gasteiger charge is -2.13. The fraction of sp³-hybridized carbons (Fsp3) is 0.412. The minimum atomic E-state index is 0.447. The van der Waals surface area contributed by atoms with Crippen LogP contribution in [0.15, 0.2) is 24.3 Å². The SMILES string of the molecule is Cc1ccccc1Cc1nc2c(c(C(C)C)n1)CNC2. The molecule has 1 aliphatic rings. The van der Waals surface area contributed by atoms with E-state index >= 15 is 0 Å². The predicted molar refractivity (Wildman–Crippen MR) is 80.6 cm³/mol. The molecule has 1 aliphatic heterocycles. The molecule has 0 fully saturated rings. The van der Waals surface area contributed by atoms with Crippen molar-refractivity contribution >= 4 is 0 Å². The minimum absolute atomic E-state index is 0.447. The summed E-state index contributed by atoms with van der Waals surface area (Å²) < 4.78 is 0. The van der Waals surface area contributed by atoms with Gasteiger partial charge in [-0.3, -0.25) is 0 Å². The van der Waals surface area contributed by atoms with E-state index in [1.165, 1.54) is 28.1 Å². The van der Waals surface area contributed by atoms with Crippen LogP contribution in [0.4, 0.5) is 0 Å². The molecule has 0 spiro atoms. The van der Waals surface area contributed by atoms with Crippen molar-refractivity contribution in [1.29, 1.82) is 0 Å². The summed E-state index contributed by atoms with van der Waals surface area (Å²) in [4.78, 5) is 9.59. The van der Waals surface area contributed by atoms with Crippen LogP contribution in [0, 0.1) is 6.92 Å². The third-order valence-electron chi connectivity index (χ3n) is 3.92. The number of aromatic nitrogens is 2. The van der Waals surface area contributed by atoms with E-state index in [9.17, 15) is 0 Å². The van der Waals surface area contributed by atoms with Crippen LogP contribution in [0.5, 0.6) is 0 Å². The Bertz CT molecular complexity index is 632. The van der Waals surface area contributed by atoms with Gasteiger partial charge in [0.05, 0.1) is 11.4 Å².